The van der Waals surface area contributed by atoms with E-state index >= 15 is 0 Å². The van der Waals surface area contributed by atoms with Crippen LogP contribution in [0.25, 0.3) is 0 Å². The minimum atomic E-state index is -0.528. The maximum absolute atomic E-state index is 12.2. The zero-order valence-electron chi connectivity index (χ0n) is 16.4. The van der Waals surface area contributed by atoms with Crippen LogP contribution >= 0.6 is 0 Å². The molecule has 1 saturated carbocycles. The first-order valence-corrected chi connectivity index (χ1v) is 10.1. The minimum absolute atomic E-state index is 0.0338. The highest BCUT2D eigenvalue weighted by molar-refractivity contribution is 5.84. The fourth-order valence-corrected chi connectivity index (χ4v) is 3.83. The van der Waals surface area contributed by atoms with Gasteiger partial charge in [-0.2, -0.15) is 0 Å². The lowest BCUT2D eigenvalue weighted by Crippen LogP contribution is -2.21. The summed E-state index contributed by atoms with van der Waals surface area (Å²) in [7, 11) is 1.35. The average molecular weight is 369 g/mol. The second-order valence-corrected chi connectivity index (χ2v) is 7.45. The van der Waals surface area contributed by atoms with E-state index < -0.39 is 6.10 Å². The van der Waals surface area contributed by atoms with E-state index in [4.69, 9.17) is 0 Å². The van der Waals surface area contributed by atoms with Crippen LogP contribution in [0.2, 0.25) is 0 Å². The molecule has 1 rings (SSSR count). The number of Topliss-reactive ketones (excluding diaryl/α,β-unsaturated/α-hetero) is 1. The van der Waals surface area contributed by atoms with E-state index in [2.05, 4.69) is 11.7 Å². The van der Waals surface area contributed by atoms with Crippen LogP contribution in [0.4, 0.5) is 0 Å². The van der Waals surface area contributed by atoms with Crippen molar-refractivity contribution in [1.29, 1.82) is 0 Å². The molecule has 0 spiro atoms. The zero-order valence-corrected chi connectivity index (χ0v) is 16.4. The Kier molecular flexibility index (Phi) is 11.5. The Hall–Kier alpha value is -1.20. The number of methoxy groups -OCH3 is 1. The lowest BCUT2D eigenvalue weighted by molar-refractivity contribution is -0.134. The van der Waals surface area contributed by atoms with Crippen molar-refractivity contribution in [2.24, 2.45) is 11.8 Å². The van der Waals surface area contributed by atoms with Crippen molar-refractivity contribution in [2.75, 3.05) is 7.11 Å². The number of esters is 1. The molecule has 1 fully saturated rings. The highest BCUT2D eigenvalue weighted by Gasteiger charge is 2.40. The molecule has 0 aromatic heterocycles. The van der Waals surface area contributed by atoms with Crippen LogP contribution in [-0.4, -0.2) is 41.3 Å². The third-order valence-corrected chi connectivity index (χ3v) is 5.39. The zero-order chi connectivity index (χ0) is 19.4. The molecule has 2 N–H and O–H groups in total. The van der Waals surface area contributed by atoms with Crippen molar-refractivity contribution in [1.82, 2.24) is 0 Å². The fraction of sp³-hybridized carbons (Fsp3) is 0.810. The standard InChI is InChI=1S/C21H36O5/c1-3-4-10-16(22)11-9-13-18-17(19(23)15-20(18)24)12-7-5-6-8-14-21(25)26-2/h8,14,16-18,20,22,24H,3-7,9-13,15H2,1-2H3/t16-,17+,18+,20-/m0/s1. The SMILES string of the molecule is CCCC[C@H](O)CCC[C@H]1[C@@H](O)CC(=O)[C@@H]1CCCCC=CC(=O)OC. The largest absolute Gasteiger partial charge is 0.466 e. The van der Waals surface area contributed by atoms with Gasteiger partial charge >= 0.3 is 5.97 Å². The smallest absolute Gasteiger partial charge is 0.330 e. The van der Waals surface area contributed by atoms with Crippen LogP contribution < -0.4 is 0 Å². The van der Waals surface area contributed by atoms with Gasteiger partial charge in [0.15, 0.2) is 0 Å². The van der Waals surface area contributed by atoms with Gasteiger partial charge in [0.2, 0.25) is 0 Å². The second kappa shape index (κ2) is 13.0. The van der Waals surface area contributed by atoms with Crippen molar-refractivity contribution in [3.05, 3.63) is 12.2 Å². The summed E-state index contributed by atoms with van der Waals surface area (Å²) < 4.78 is 4.54. The number of aliphatic hydroxyl groups excluding tert-OH is 2. The molecule has 4 atom stereocenters. The molecule has 26 heavy (non-hydrogen) atoms. The normalized spacial score (nSPS) is 24.3. The molecule has 1 aliphatic carbocycles. The number of carbonyl (C=O) groups excluding carboxylic acids is 2. The van der Waals surface area contributed by atoms with Crippen LogP contribution in [0.15, 0.2) is 12.2 Å². The van der Waals surface area contributed by atoms with Gasteiger partial charge in [0.05, 0.1) is 19.3 Å². The maximum atomic E-state index is 12.2. The Balaban J connectivity index is 2.31. The molecule has 5 heteroatoms. The number of ether oxygens (including phenoxy) is 1. The van der Waals surface area contributed by atoms with Crippen molar-refractivity contribution in [2.45, 2.75) is 89.8 Å². The first-order chi connectivity index (χ1) is 12.5. The number of hydrogen-bond donors (Lipinski definition) is 2. The predicted octanol–water partition coefficient (Wildman–Crippen LogP) is 3.56. The van der Waals surface area contributed by atoms with Gasteiger partial charge in [-0.25, -0.2) is 4.79 Å². The monoisotopic (exact) mass is 368 g/mol. The Morgan fingerprint density at radius 2 is 1.96 bits per heavy atom. The van der Waals surface area contributed by atoms with Crippen LogP contribution in [0.3, 0.4) is 0 Å². The molecule has 0 aromatic rings. The van der Waals surface area contributed by atoms with E-state index in [1.54, 1.807) is 6.08 Å². The van der Waals surface area contributed by atoms with Gasteiger partial charge in [-0.15, -0.1) is 0 Å². The number of hydrogen-bond acceptors (Lipinski definition) is 5. The van der Waals surface area contributed by atoms with E-state index in [1.807, 2.05) is 0 Å². The fourth-order valence-electron chi connectivity index (χ4n) is 3.83. The quantitative estimate of drug-likeness (QED) is 0.295. The Morgan fingerprint density at radius 3 is 2.65 bits per heavy atom. The molecule has 0 aliphatic heterocycles. The highest BCUT2D eigenvalue weighted by atomic mass is 16.5. The van der Waals surface area contributed by atoms with E-state index in [9.17, 15) is 19.8 Å². The summed E-state index contributed by atoms with van der Waals surface area (Å²) in [5.74, 6) is -0.187. The van der Waals surface area contributed by atoms with Crippen LogP contribution in [0, 0.1) is 11.8 Å². The number of aliphatic hydroxyl groups is 2. The van der Waals surface area contributed by atoms with Crippen molar-refractivity contribution < 1.29 is 24.5 Å². The topological polar surface area (TPSA) is 83.8 Å². The summed E-state index contributed by atoms with van der Waals surface area (Å²) in [5, 5.41) is 20.2. The Morgan fingerprint density at radius 1 is 1.23 bits per heavy atom. The molecule has 0 unspecified atom stereocenters. The number of carbonyl (C=O) groups is 2. The molecule has 0 amide bonds. The van der Waals surface area contributed by atoms with Crippen molar-refractivity contribution >= 4 is 11.8 Å². The molecule has 0 radical (unpaired) electrons. The van der Waals surface area contributed by atoms with Gasteiger partial charge in [-0.1, -0.05) is 38.7 Å². The van der Waals surface area contributed by atoms with Crippen LogP contribution in [0.1, 0.15) is 77.6 Å². The Labute approximate surface area is 157 Å². The number of ketones is 1. The molecule has 150 valence electrons. The van der Waals surface area contributed by atoms with Gasteiger partial charge < -0.3 is 14.9 Å². The molecule has 0 saturated heterocycles. The van der Waals surface area contributed by atoms with E-state index in [-0.39, 0.29) is 36.1 Å². The third kappa shape index (κ3) is 8.45. The van der Waals surface area contributed by atoms with Crippen molar-refractivity contribution in [3.63, 3.8) is 0 Å². The second-order valence-electron chi connectivity index (χ2n) is 7.45. The lowest BCUT2D eigenvalue weighted by Gasteiger charge is -2.21. The summed E-state index contributed by atoms with van der Waals surface area (Å²) in [6.07, 6.45) is 11.5. The summed E-state index contributed by atoms with van der Waals surface area (Å²) in [6.45, 7) is 2.11. The lowest BCUT2D eigenvalue weighted by atomic mass is 9.85. The molecule has 1 aliphatic rings. The van der Waals surface area contributed by atoms with Gasteiger partial charge in [0, 0.05) is 18.4 Å². The van der Waals surface area contributed by atoms with E-state index in [0.29, 0.717) is 0 Å². The Bertz CT molecular complexity index is 446. The number of allylic oxidation sites excluding steroid dienone is 1. The average Bonchev–Trinajstić information content (AvgIpc) is 2.89. The van der Waals surface area contributed by atoms with E-state index in [1.165, 1.54) is 13.2 Å². The molecule has 0 heterocycles. The number of rotatable bonds is 13. The third-order valence-electron chi connectivity index (χ3n) is 5.39. The van der Waals surface area contributed by atoms with Crippen LogP contribution in [-0.2, 0) is 14.3 Å². The van der Waals surface area contributed by atoms with Crippen LogP contribution in [0.5, 0.6) is 0 Å². The molecule has 0 aromatic carbocycles. The van der Waals surface area contributed by atoms with Gasteiger partial charge in [0.25, 0.3) is 0 Å². The first kappa shape index (κ1) is 22.8. The summed E-state index contributed by atoms with van der Waals surface area (Å²) in [6, 6.07) is 0. The maximum Gasteiger partial charge on any atom is 0.330 e. The first-order valence-electron chi connectivity index (χ1n) is 10.1. The molecule has 0 bridgehead atoms. The summed E-state index contributed by atoms with van der Waals surface area (Å²) in [5.41, 5.74) is 0. The highest BCUT2D eigenvalue weighted by Crippen LogP contribution is 2.36. The molecular formula is C21H36O5. The molecular weight excluding hydrogens is 332 g/mol. The number of unbranched alkanes of at least 4 members (excludes halogenated alkanes) is 3. The van der Waals surface area contributed by atoms with Gasteiger partial charge in [0.1, 0.15) is 5.78 Å². The predicted molar refractivity (Wildman–Crippen MR) is 102 cm³/mol. The summed E-state index contributed by atoms with van der Waals surface area (Å²) >= 11 is 0. The molecule has 5 nitrogen and oxygen atoms in total. The van der Waals surface area contributed by atoms with Gasteiger partial charge in [-0.05, 0) is 44.4 Å². The van der Waals surface area contributed by atoms with Gasteiger partial charge in [-0.3, -0.25) is 4.79 Å². The van der Waals surface area contributed by atoms with E-state index in [0.717, 1.165) is 64.2 Å². The summed E-state index contributed by atoms with van der Waals surface area (Å²) in [4.78, 5) is 23.2. The minimum Gasteiger partial charge on any atom is -0.466 e. The van der Waals surface area contributed by atoms with Crippen molar-refractivity contribution in [3.8, 4) is 0 Å².